The summed E-state index contributed by atoms with van der Waals surface area (Å²) in [5.41, 5.74) is 2.67. The van der Waals surface area contributed by atoms with Crippen molar-refractivity contribution in [3.63, 3.8) is 0 Å². The van der Waals surface area contributed by atoms with E-state index in [0.717, 1.165) is 5.69 Å². The van der Waals surface area contributed by atoms with E-state index >= 15 is 0 Å². The van der Waals surface area contributed by atoms with Gasteiger partial charge in [-0.25, -0.2) is 4.39 Å². The Hall–Kier alpha value is -2.74. The molecule has 1 saturated heterocycles. The lowest BCUT2D eigenvalue weighted by molar-refractivity contribution is -0.160. The third-order valence-corrected chi connectivity index (χ3v) is 4.86. The van der Waals surface area contributed by atoms with E-state index in [-0.39, 0.29) is 12.5 Å². The molecule has 1 fully saturated rings. The highest BCUT2D eigenvalue weighted by Gasteiger charge is 2.40. The standard InChI is InChI=1S/C19H23FN4O3/c1-5-24-12(3)16(11(2)22-24)21-19(26)18-17(23(4)15(25)10-27-18)13-7-6-8-14(20)9-13/h6-9,17-18H,5,10H2,1-4H3,(H,21,26)/t17-,18-/m1/s1. The lowest BCUT2D eigenvalue weighted by Crippen LogP contribution is -2.51. The lowest BCUT2D eigenvalue weighted by Gasteiger charge is -2.38. The molecule has 2 aromatic rings. The van der Waals surface area contributed by atoms with Crippen molar-refractivity contribution >= 4 is 17.5 Å². The number of anilines is 1. The Morgan fingerprint density at radius 3 is 2.78 bits per heavy atom. The maximum atomic E-state index is 13.7. The lowest BCUT2D eigenvalue weighted by atomic mass is 9.97. The molecule has 1 aliphatic heterocycles. The summed E-state index contributed by atoms with van der Waals surface area (Å²) in [7, 11) is 1.59. The number of rotatable bonds is 4. The smallest absolute Gasteiger partial charge is 0.256 e. The van der Waals surface area contributed by atoms with Crippen LogP contribution in [0.1, 0.15) is 29.9 Å². The van der Waals surface area contributed by atoms with E-state index in [0.29, 0.717) is 23.5 Å². The number of amides is 2. The number of aromatic nitrogens is 2. The number of halogens is 1. The Bertz CT molecular complexity index is 880. The van der Waals surface area contributed by atoms with Crippen LogP contribution in [0.25, 0.3) is 0 Å². The average molecular weight is 374 g/mol. The summed E-state index contributed by atoms with van der Waals surface area (Å²) in [4.78, 5) is 26.5. The molecule has 144 valence electrons. The molecule has 7 nitrogen and oxygen atoms in total. The number of carbonyl (C=O) groups excluding carboxylic acids is 2. The number of carbonyl (C=O) groups is 2. The second kappa shape index (κ2) is 7.48. The monoisotopic (exact) mass is 374 g/mol. The highest BCUT2D eigenvalue weighted by atomic mass is 19.1. The zero-order valence-corrected chi connectivity index (χ0v) is 15.8. The molecule has 0 spiro atoms. The van der Waals surface area contributed by atoms with Gasteiger partial charge in [0.15, 0.2) is 6.10 Å². The van der Waals surface area contributed by atoms with E-state index in [1.54, 1.807) is 23.9 Å². The molecule has 8 heteroatoms. The van der Waals surface area contributed by atoms with Crippen LogP contribution in [0, 0.1) is 19.7 Å². The molecular weight excluding hydrogens is 351 g/mol. The molecule has 2 atom stereocenters. The molecular formula is C19H23FN4O3. The Balaban J connectivity index is 1.92. The van der Waals surface area contributed by atoms with Gasteiger partial charge < -0.3 is 15.0 Å². The first kappa shape index (κ1) is 19.0. The molecule has 1 N–H and O–H groups in total. The van der Waals surface area contributed by atoms with E-state index in [2.05, 4.69) is 10.4 Å². The summed E-state index contributed by atoms with van der Waals surface area (Å²) in [5.74, 6) is -1.10. The van der Waals surface area contributed by atoms with Gasteiger partial charge in [-0.05, 0) is 38.5 Å². The maximum Gasteiger partial charge on any atom is 0.256 e. The summed E-state index contributed by atoms with van der Waals surface area (Å²) >= 11 is 0. The number of nitrogens with one attached hydrogen (secondary N) is 1. The highest BCUT2D eigenvalue weighted by Crippen LogP contribution is 2.31. The molecule has 27 heavy (non-hydrogen) atoms. The fraction of sp³-hybridized carbons (Fsp3) is 0.421. The molecule has 3 rings (SSSR count). The van der Waals surface area contributed by atoms with Crippen LogP contribution in [0.4, 0.5) is 10.1 Å². The number of likely N-dealkylation sites (N-methyl/N-ethyl adjacent to an activating group) is 1. The first-order valence-corrected chi connectivity index (χ1v) is 8.81. The SMILES string of the molecule is CCn1nc(C)c(NC(=O)[C@@H]2OCC(=O)N(C)[C@@H]2c2cccc(F)c2)c1C. The van der Waals surface area contributed by atoms with Crippen molar-refractivity contribution in [2.24, 2.45) is 0 Å². The molecule has 0 aliphatic carbocycles. The number of nitrogens with zero attached hydrogens (tertiary/aromatic N) is 3. The second-order valence-corrected chi connectivity index (χ2v) is 6.59. The van der Waals surface area contributed by atoms with Crippen molar-refractivity contribution in [2.75, 3.05) is 19.0 Å². The van der Waals surface area contributed by atoms with Gasteiger partial charge in [-0.1, -0.05) is 12.1 Å². The van der Waals surface area contributed by atoms with Crippen LogP contribution in [0.5, 0.6) is 0 Å². The van der Waals surface area contributed by atoms with Crippen LogP contribution in [0.15, 0.2) is 24.3 Å². The largest absolute Gasteiger partial charge is 0.356 e. The predicted octanol–water partition coefficient (Wildman–Crippen LogP) is 2.20. The molecule has 2 amide bonds. The van der Waals surface area contributed by atoms with E-state index in [1.807, 2.05) is 20.8 Å². The average Bonchev–Trinajstić information content (AvgIpc) is 2.91. The third kappa shape index (κ3) is 3.57. The fourth-order valence-electron chi connectivity index (χ4n) is 3.40. The molecule has 1 aromatic heterocycles. The molecule has 2 heterocycles. The van der Waals surface area contributed by atoms with Crippen molar-refractivity contribution in [3.05, 3.63) is 47.0 Å². The molecule has 0 unspecified atom stereocenters. The van der Waals surface area contributed by atoms with Crippen molar-refractivity contribution in [2.45, 2.75) is 39.5 Å². The Kier molecular flexibility index (Phi) is 5.27. The van der Waals surface area contributed by atoms with Gasteiger partial charge in [0, 0.05) is 13.6 Å². The summed E-state index contributed by atoms with van der Waals surface area (Å²) in [5, 5.41) is 7.26. The van der Waals surface area contributed by atoms with Crippen molar-refractivity contribution in [1.29, 1.82) is 0 Å². The van der Waals surface area contributed by atoms with Crippen LogP contribution in [-0.4, -0.2) is 46.3 Å². The van der Waals surface area contributed by atoms with Crippen molar-refractivity contribution in [1.82, 2.24) is 14.7 Å². The maximum absolute atomic E-state index is 13.7. The number of benzene rings is 1. The normalized spacial score (nSPS) is 20.0. The highest BCUT2D eigenvalue weighted by molar-refractivity contribution is 5.97. The van der Waals surface area contributed by atoms with Crippen LogP contribution < -0.4 is 5.32 Å². The summed E-state index contributed by atoms with van der Waals surface area (Å²) in [6.07, 6.45) is -0.960. The van der Waals surface area contributed by atoms with Crippen molar-refractivity contribution in [3.8, 4) is 0 Å². The molecule has 1 aliphatic rings. The quantitative estimate of drug-likeness (QED) is 0.890. The first-order valence-electron chi connectivity index (χ1n) is 8.81. The van der Waals surface area contributed by atoms with E-state index in [9.17, 15) is 14.0 Å². The Labute approximate surface area is 157 Å². The van der Waals surface area contributed by atoms with Crippen LogP contribution in [0.2, 0.25) is 0 Å². The molecule has 0 radical (unpaired) electrons. The van der Waals surface area contributed by atoms with Gasteiger partial charge >= 0.3 is 0 Å². The van der Waals surface area contributed by atoms with Gasteiger partial charge in [0.05, 0.1) is 23.1 Å². The van der Waals surface area contributed by atoms with Gasteiger partial charge in [0.2, 0.25) is 5.91 Å². The zero-order chi connectivity index (χ0) is 19.7. The minimum absolute atomic E-state index is 0.202. The van der Waals surface area contributed by atoms with Crippen LogP contribution in [0.3, 0.4) is 0 Å². The summed E-state index contributed by atoms with van der Waals surface area (Å²) in [6, 6.07) is 5.14. The van der Waals surface area contributed by atoms with Crippen LogP contribution >= 0.6 is 0 Å². The predicted molar refractivity (Wildman–Crippen MR) is 97.7 cm³/mol. The van der Waals surface area contributed by atoms with Crippen LogP contribution in [-0.2, 0) is 20.9 Å². The Morgan fingerprint density at radius 2 is 2.15 bits per heavy atom. The van der Waals surface area contributed by atoms with Gasteiger partial charge in [-0.2, -0.15) is 5.10 Å². The van der Waals surface area contributed by atoms with Crippen molar-refractivity contribution < 1.29 is 18.7 Å². The van der Waals surface area contributed by atoms with Gasteiger partial charge in [0.25, 0.3) is 5.91 Å². The number of hydrogen-bond acceptors (Lipinski definition) is 4. The summed E-state index contributed by atoms with van der Waals surface area (Å²) < 4.78 is 21.1. The van der Waals surface area contributed by atoms with E-state index in [4.69, 9.17) is 4.74 Å². The molecule has 0 bridgehead atoms. The fourth-order valence-corrected chi connectivity index (χ4v) is 3.40. The van der Waals surface area contributed by atoms with Gasteiger partial charge in [-0.3, -0.25) is 14.3 Å². The number of hydrogen-bond donors (Lipinski definition) is 1. The minimum atomic E-state index is -0.960. The van der Waals surface area contributed by atoms with E-state index < -0.39 is 23.9 Å². The number of aryl methyl sites for hydroxylation is 2. The zero-order valence-electron chi connectivity index (χ0n) is 15.8. The molecule has 0 saturated carbocycles. The third-order valence-electron chi connectivity index (χ3n) is 4.86. The first-order chi connectivity index (χ1) is 12.8. The topological polar surface area (TPSA) is 76.5 Å². The minimum Gasteiger partial charge on any atom is -0.356 e. The number of ether oxygens (including phenoxy) is 1. The number of morpholine rings is 1. The van der Waals surface area contributed by atoms with E-state index in [1.165, 1.54) is 17.0 Å². The van der Waals surface area contributed by atoms with Gasteiger partial charge in [0.1, 0.15) is 12.4 Å². The Morgan fingerprint density at radius 1 is 1.41 bits per heavy atom. The molecule has 1 aromatic carbocycles. The summed E-state index contributed by atoms with van der Waals surface area (Å²) in [6.45, 7) is 6.14. The van der Waals surface area contributed by atoms with Gasteiger partial charge in [-0.15, -0.1) is 0 Å². The second-order valence-electron chi connectivity index (χ2n) is 6.59.